The Labute approximate surface area is 181 Å². The minimum Gasteiger partial charge on any atom is -0.350 e. The second-order valence-electron chi connectivity index (χ2n) is 6.93. The lowest BCUT2D eigenvalue weighted by Gasteiger charge is -2.06. The highest BCUT2D eigenvalue weighted by molar-refractivity contribution is 6.31. The molecule has 4 rings (SSSR count). The molecule has 8 nitrogen and oxygen atoms in total. The number of hydrogen-bond acceptors (Lipinski definition) is 5. The maximum Gasteiger partial charge on any atom is 0.352 e. The molecule has 0 aliphatic carbocycles. The van der Waals surface area contributed by atoms with Crippen molar-refractivity contribution in [2.75, 3.05) is 5.32 Å². The zero-order valence-electron chi connectivity index (χ0n) is 16.5. The van der Waals surface area contributed by atoms with E-state index in [0.29, 0.717) is 11.4 Å². The number of amides is 1. The Morgan fingerprint density at radius 3 is 2.68 bits per heavy atom. The van der Waals surface area contributed by atoms with E-state index in [4.69, 9.17) is 11.6 Å². The molecule has 2 aromatic carbocycles. The summed E-state index contributed by atoms with van der Waals surface area (Å²) in [5.74, 6) is -0.218. The van der Waals surface area contributed by atoms with Crippen molar-refractivity contribution in [2.24, 2.45) is 0 Å². The van der Waals surface area contributed by atoms with Gasteiger partial charge in [0.2, 0.25) is 5.91 Å². The summed E-state index contributed by atoms with van der Waals surface area (Å²) in [5.41, 5.74) is 2.06. The molecular formula is C21H18ClFN6O2. The third-order valence-corrected chi connectivity index (χ3v) is 4.91. The van der Waals surface area contributed by atoms with Gasteiger partial charge in [-0.3, -0.25) is 4.79 Å². The molecule has 0 bridgehead atoms. The fraction of sp³-hybridized carbons (Fsp3) is 0.143. The van der Waals surface area contributed by atoms with E-state index in [1.54, 1.807) is 12.3 Å². The van der Waals surface area contributed by atoms with Crippen LogP contribution in [0.1, 0.15) is 11.1 Å². The molecule has 0 saturated carbocycles. The number of anilines is 2. The van der Waals surface area contributed by atoms with E-state index in [1.807, 2.05) is 31.2 Å². The van der Waals surface area contributed by atoms with E-state index in [9.17, 15) is 14.0 Å². The van der Waals surface area contributed by atoms with Crippen molar-refractivity contribution in [3.63, 3.8) is 0 Å². The van der Waals surface area contributed by atoms with Crippen LogP contribution in [0.5, 0.6) is 0 Å². The zero-order valence-corrected chi connectivity index (χ0v) is 17.2. The van der Waals surface area contributed by atoms with Gasteiger partial charge in [-0.1, -0.05) is 35.4 Å². The maximum atomic E-state index is 13.1. The van der Waals surface area contributed by atoms with Gasteiger partial charge in [0.1, 0.15) is 18.2 Å². The zero-order chi connectivity index (χ0) is 22.0. The highest BCUT2D eigenvalue weighted by Crippen LogP contribution is 2.17. The number of carbonyl (C=O) groups is 1. The van der Waals surface area contributed by atoms with Crippen molar-refractivity contribution in [1.29, 1.82) is 0 Å². The summed E-state index contributed by atoms with van der Waals surface area (Å²) < 4.78 is 15.4. The molecule has 2 aromatic heterocycles. The van der Waals surface area contributed by atoms with Gasteiger partial charge in [-0.05, 0) is 42.8 Å². The molecule has 1 amide bonds. The first kappa shape index (κ1) is 20.5. The number of aryl methyl sites for hydroxylation is 1. The van der Waals surface area contributed by atoms with Gasteiger partial charge in [0, 0.05) is 23.5 Å². The quantitative estimate of drug-likeness (QED) is 0.480. The third-order valence-electron chi connectivity index (χ3n) is 4.56. The first-order valence-electron chi connectivity index (χ1n) is 9.39. The maximum absolute atomic E-state index is 13.1. The molecule has 0 aliphatic rings. The normalized spacial score (nSPS) is 10.9. The molecule has 0 spiro atoms. The number of benzene rings is 2. The molecule has 2 heterocycles. The average molecular weight is 441 g/mol. The minimum absolute atomic E-state index is 0.100. The molecule has 0 radical (unpaired) electrons. The van der Waals surface area contributed by atoms with E-state index in [0.717, 1.165) is 15.9 Å². The fourth-order valence-corrected chi connectivity index (χ4v) is 3.15. The second-order valence-corrected chi connectivity index (χ2v) is 7.33. The van der Waals surface area contributed by atoms with E-state index >= 15 is 0 Å². The van der Waals surface area contributed by atoms with Crippen molar-refractivity contribution < 1.29 is 9.18 Å². The van der Waals surface area contributed by atoms with E-state index < -0.39 is 17.4 Å². The van der Waals surface area contributed by atoms with Gasteiger partial charge in [-0.2, -0.15) is 4.98 Å². The molecule has 0 unspecified atom stereocenters. The number of nitrogens with zero attached hydrogens (tertiary/aromatic N) is 4. The third kappa shape index (κ3) is 4.72. The Kier molecular flexibility index (Phi) is 5.68. The number of rotatable bonds is 6. The largest absolute Gasteiger partial charge is 0.352 e. The number of fused-ring (bicyclic) bond motifs is 1. The predicted octanol–water partition coefficient (Wildman–Crippen LogP) is 3.05. The molecule has 31 heavy (non-hydrogen) atoms. The van der Waals surface area contributed by atoms with Crippen LogP contribution in [0.15, 0.2) is 59.5 Å². The molecule has 0 atom stereocenters. The molecule has 2 N–H and O–H groups in total. The van der Waals surface area contributed by atoms with Crippen LogP contribution in [0, 0.1) is 12.7 Å². The van der Waals surface area contributed by atoms with Crippen LogP contribution in [-0.4, -0.2) is 25.1 Å². The van der Waals surface area contributed by atoms with Gasteiger partial charge in [0.25, 0.3) is 5.78 Å². The molecule has 10 heteroatoms. The highest BCUT2D eigenvalue weighted by atomic mass is 35.5. The molecule has 0 fully saturated rings. The van der Waals surface area contributed by atoms with Crippen molar-refractivity contribution in [3.8, 4) is 0 Å². The summed E-state index contributed by atoms with van der Waals surface area (Å²) >= 11 is 5.96. The highest BCUT2D eigenvalue weighted by Gasteiger charge is 2.13. The van der Waals surface area contributed by atoms with Crippen LogP contribution in [0.4, 0.5) is 15.9 Å². The van der Waals surface area contributed by atoms with E-state index in [2.05, 4.69) is 20.7 Å². The van der Waals surface area contributed by atoms with Crippen LogP contribution in [-0.2, 0) is 17.9 Å². The molecule has 0 aliphatic heterocycles. The van der Waals surface area contributed by atoms with Gasteiger partial charge in [-0.15, -0.1) is 5.10 Å². The van der Waals surface area contributed by atoms with Crippen LogP contribution in [0.2, 0.25) is 5.02 Å². The number of carbonyl (C=O) groups excluding carboxylic acids is 1. The number of aromatic nitrogens is 4. The number of nitrogens with one attached hydrogen (secondary N) is 2. The first-order chi connectivity index (χ1) is 14.9. The van der Waals surface area contributed by atoms with Crippen molar-refractivity contribution in [3.05, 3.63) is 87.2 Å². The summed E-state index contributed by atoms with van der Waals surface area (Å²) in [6.07, 6.45) is 1.54. The minimum atomic E-state index is -0.487. The smallest absolute Gasteiger partial charge is 0.350 e. The number of halogens is 2. The van der Waals surface area contributed by atoms with Crippen LogP contribution in [0.3, 0.4) is 0 Å². The van der Waals surface area contributed by atoms with Gasteiger partial charge >= 0.3 is 5.69 Å². The Morgan fingerprint density at radius 1 is 1.16 bits per heavy atom. The van der Waals surface area contributed by atoms with Gasteiger partial charge in [-0.25, -0.2) is 18.3 Å². The van der Waals surface area contributed by atoms with Crippen molar-refractivity contribution in [1.82, 2.24) is 24.5 Å². The summed E-state index contributed by atoms with van der Waals surface area (Å²) in [5, 5.41) is 10.1. The summed E-state index contributed by atoms with van der Waals surface area (Å²) in [6.45, 7) is 1.81. The van der Waals surface area contributed by atoms with Crippen molar-refractivity contribution in [2.45, 2.75) is 20.0 Å². The summed E-state index contributed by atoms with van der Waals surface area (Å²) in [6, 6.07) is 13.3. The SMILES string of the molecule is Cc1ccc(Nc2ccn3c(=O)n(CC(=O)NCc4ccc(F)cc4Cl)nc3n2)cc1. The first-order valence-corrected chi connectivity index (χ1v) is 9.77. The molecular weight excluding hydrogens is 423 g/mol. The predicted molar refractivity (Wildman–Crippen MR) is 115 cm³/mol. The molecule has 4 aromatic rings. The Bertz CT molecular complexity index is 1320. The molecule has 158 valence electrons. The topological polar surface area (TPSA) is 93.3 Å². The standard InChI is InChI=1S/C21H18ClFN6O2/c1-13-2-6-16(7-3-13)25-18-8-9-28-20(26-18)27-29(21(28)31)12-19(30)24-11-14-4-5-15(23)10-17(14)22/h2-10H,11-12H2,1H3,(H,24,30)(H,25,26,27). The lowest BCUT2D eigenvalue weighted by molar-refractivity contribution is -0.122. The Hall–Kier alpha value is -3.72. The van der Waals surface area contributed by atoms with Crippen LogP contribution >= 0.6 is 11.6 Å². The van der Waals surface area contributed by atoms with Gasteiger partial charge < -0.3 is 10.6 Å². The van der Waals surface area contributed by atoms with Crippen LogP contribution < -0.4 is 16.3 Å². The van der Waals surface area contributed by atoms with Crippen molar-refractivity contribution >= 4 is 34.8 Å². The molecule has 0 saturated heterocycles. The summed E-state index contributed by atoms with van der Waals surface area (Å²) in [7, 11) is 0. The average Bonchev–Trinajstić information content (AvgIpc) is 3.04. The van der Waals surface area contributed by atoms with Gasteiger partial charge in [0.05, 0.1) is 0 Å². The van der Waals surface area contributed by atoms with Crippen LogP contribution in [0.25, 0.3) is 5.78 Å². The lowest BCUT2D eigenvalue weighted by Crippen LogP contribution is -2.32. The fourth-order valence-electron chi connectivity index (χ4n) is 2.91. The number of hydrogen-bond donors (Lipinski definition) is 2. The van der Waals surface area contributed by atoms with E-state index in [1.165, 1.54) is 22.6 Å². The second kappa shape index (κ2) is 8.57. The van der Waals surface area contributed by atoms with Gasteiger partial charge in [0.15, 0.2) is 0 Å². The van der Waals surface area contributed by atoms with E-state index in [-0.39, 0.29) is 23.9 Å². The Morgan fingerprint density at radius 2 is 1.94 bits per heavy atom. The lowest BCUT2D eigenvalue weighted by atomic mass is 10.2. The Balaban J connectivity index is 1.46. The summed E-state index contributed by atoms with van der Waals surface area (Å²) in [4.78, 5) is 29.1. The monoisotopic (exact) mass is 440 g/mol.